The van der Waals surface area contributed by atoms with E-state index in [2.05, 4.69) is 29.8 Å². The Balaban J connectivity index is 1.47. The Morgan fingerprint density at radius 3 is 2.94 bits per heavy atom. The Hall–Kier alpha value is -2.38. The fourth-order valence-corrected chi connectivity index (χ4v) is 6.16. The van der Waals surface area contributed by atoms with Gasteiger partial charge in [-0.15, -0.1) is 11.3 Å². The first-order chi connectivity index (χ1) is 16.5. The Labute approximate surface area is 209 Å². The van der Waals surface area contributed by atoms with Gasteiger partial charge >= 0.3 is 5.97 Å². The lowest BCUT2D eigenvalue weighted by molar-refractivity contribution is 0.0370. The highest BCUT2D eigenvalue weighted by Gasteiger charge is 2.27. The number of hydrogen-bond donors (Lipinski definition) is 1. The van der Waals surface area contributed by atoms with Crippen LogP contribution in [-0.2, 0) is 9.47 Å². The molecule has 34 heavy (non-hydrogen) atoms. The van der Waals surface area contributed by atoms with Crippen LogP contribution < -0.4 is 10.2 Å². The Bertz CT molecular complexity index is 1220. The predicted octanol–water partition coefficient (Wildman–Crippen LogP) is 6.18. The molecule has 1 aromatic heterocycles. The summed E-state index contributed by atoms with van der Waals surface area (Å²) in [7, 11) is 0. The summed E-state index contributed by atoms with van der Waals surface area (Å²) in [6.45, 7) is 8.59. The molecule has 5 nitrogen and oxygen atoms in total. The number of fused-ring (bicyclic) bond motifs is 1. The van der Waals surface area contributed by atoms with Crippen LogP contribution in [0.2, 0.25) is 5.02 Å². The summed E-state index contributed by atoms with van der Waals surface area (Å²) in [5.41, 5.74) is 3.52. The normalized spacial score (nSPS) is 18.6. The van der Waals surface area contributed by atoms with E-state index in [0.29, 0.717) is 18.2 Å². The van der Waals surface area contributed by atoms with Crippen molar-refractivity contribution in [3.63, 3.8) is 0 Å². The van der Waals surface area contributed by atoms with Crippen LogP contribution >= 0.6 is 22.9 Å². The predicted molar refractivity (Wildman–Crippen MR) is 140 cm³/mol. The van der Waals surface area contributed by atoms with Crippen LogP contribution in [-0.4, -0.2) is 44.4 Å². The highest BCUT2D eigenvalue weighted by Crippen LogP contribution is 2.41. The summed E-state index contributed by atoms with van der Waals surface area (Å²) in [4.78, 5) is 16.4. The molecule has 3 aromatic rings. The van der Waals surface area contributed by atoms with Crippen LogP contribution in [0.5, 0.6) is 0 Å². The van der Waals surface area contributed by atoms with Gasteiger partial charge in [0, 0.05) is 51.2 Å². The third kappa shape index (κ3) is 4.73. The molecular weight excluding hydrogens is 468 g/mol. The second-order valence-electron chi connectivity index (χ2n) is 8.95. The topological polar surface area (TPSA) is 50.8 Å². The molecule has 0 radical (unpaired) electrons. The first-order valence-corrected chi connectivity index (χ1v) is 13.0. The highest BCUT2D eigenvalue weighted by molar-refractivity contribution is 7.19. The zero-order chi connectivity index (χ0) is 23.7. The van der Waals surface area contributed by atoms with Crippen LogP contribution in [0.3, 0.4) is 0 Å². The van der Waals surface area contributed by atoms with Crippen molar-refractivity contribution in [1.29, 1.82) is 0 Å². The van der Waals surface area contributed by atoms with Crippen molar-refractivity contribution < 1.29 is 14.3 Å². The van der Waals surface area contributed by atoms with E-state index in [4.69, 9.17) is 21.1 Å². The van der Waals surface area contributed by atoms with Gasteiger partial charge in [0.1, 0.15) is 0 Å². The van der Waals surface area contributed by atoms with E-state index in [0.717, 1.165) is 51.6 Å². The summed E-state index contributed by atoms with van der Waals surface area (Å²) >= 11 is 7.92. The molecule has 2 fully saturated rings. The molecule has 2 aliphatic rings. The number of carbonyl (C=O) groups excluding carboxylic acids is 1. The molecule has 0 spiro atoms. The molecule has 178 valence electrons. The fourth-order valence-electron chi connectivity index (χ4n) is 4.79. The first kappa shape index (κ1) is 23.4. The molecule has 1 saturated carbocycles. The van der Waals surface area contributed by atoms with Crippen molar-refractivity contribution in [2.45, 2.75) is 38.3 Å². The summed E-state index contributed by atoms with van der Waals surface area (Å²) in [5, 5.41) is 5.47. The van der Waals surface area contributed by atoms with Gasteiger partial charge in [0.05, 0.1) is 30.2 Å². The summed E-state index contributed by atoms with van der Waals surface area (Å²) in [5.74, 6) is -0.400. The number of hydrogen-bond acceptors (Lipinski definition) is 6. The lowest BCUT2D eigenvalue weighted by Gasteiger charge is -2.37. The van der Waals surface area contributed by atoms with Crippen molar-refractivity contribution in [2.24, 2.45) is 0 Å². The molecule has 5 rings (SSSR count). The first-order valence-electron chi connectivity index (χ1n) is 11.8. The van der Waals surface area contributed by atoms with E-state index in [9.17, 15) is 4.79 Å². The summed E-state index contributed by atoms with van der Waals surface area (Å²) in [6, 6.07) is 12.7. The summed E-state index contributed by atoms with van der Waals surface area (Å²) in [6.07, 6.45) is 5.08. The molecule has 1 saturated heterocycles. The second kappa shape index (κ2) is 10.1. The van der Waals surface area contributed by atoms with Crippen LogP contribution in [0.25, 0.3) is 21.2 Å². The van der Waals surface area contributed by atoms with Crippen LogP contribution in [0, 0.1) is 6.92 Å². The number of rotatable bonds is 7. The average Bonchev–Trinajstić information content (AvgIpc) is 3.12. The third-order valence-corrected chi connectivity index (χ3v) is 8.05. The number of benzene rings is 2. The number of anilines is 1. The monoisotopic (exact) mass is 496 g/mol. The Morgan fingerprint density at radius 2 is 2.18 bits per heavy atom. The van der Waals surface area contributed by atoms with E-state index in [1.807, 2.05) is 30.3 Å². The van der Waals surface area contributed by atoms with Gasteiger partial charge in [0.25, 0.3) is 0 Å². The van der Waals surface area contributed by atoms with Gasteiger partial charge in [-0.2, -0.15) is 0 Å². The minimum absolute atomic E-state index is 0.0881. The standard InChI is InChI=1S/C27H29ClN2O3S/c1-3-32-27(31)23-13-18(26-17(2)34-25-14-19(28)8-9-22(25)26)7-10-24(23)30-11-12-33-21(16-30)15-29-20-5-4-6-20/h3,7-10,13-14,20-21,29H,1,4-6,11-12,15-16H2,2H3/t21-/m1/s1. The van der Waals surface area contributed by atoms with Gasteiger partial charge in [-0.25, -0.2) is 4.79 Å². The largest absolute Gasteiger partial charge is 0.431 e. The van der Waals surface area contributed by atoms with Crippen molar-refractivity contribution >= 4 is 44.7 Å². The number of nitrogens with one attached hydrogen (secondary N) is 1. The van der Waals surface area contributed by atoms with E-state index in [1.165, 1.54) is 30.4 Å². The minimum atomic E-state index is -0.400. The molecule has 1 aliphatic heterocycles. The van der Waals surface area contributed by atoms with Crippen LogP contribution in [0.15, 0.2) is 49.2 Å². The zero-order valence-corrected chi connectivity index (χ0v) is 20.9. The van der Waals surface area contributed by atoms with E-state index < -0.39 is 5.97 Å². The lowest BCUT2D eigenvalue weighted by Crippen LogP contribution is -2.49. The molecule has 2 heterocycles. The number of nitrogens with zero attached hydrogens (tertiary/aromatic N) is 1. The maximum absolute atomic E-state index is 13.0. The second-order valence-corrected chi connectivity index (χ2v) is 10.6. The molecule has 1 N–H and O–H groups in total. The number of aryl methyl sites for hydroxylation is 1. The van der Waals surface area contributed by atoms with E-state index in [-0.39, 0.29) is 6.10 Å². The molecule has 0 unspecified atom stereocenters. The van der Waals surface area contributed by atoms with Gasteiger partial charge < -0.3 is 19.7 Å². The fraction of sp³-hybridized carbons (Fsp3) is 0.370. The lowest BCUT2D eigenvalue weighted by atomic mass is 9.93. The smallest absolute Gasteiger partial charge is 0.345 e. The Kier molecular flexibility index (Phi) is 6.93. The van der Waals surface area contributed by atoms with Crippen molar-refractivity contribution in [1.82, 2.24) is 5.32 Å². The number of esters is 1. The third-order valence-electron chi connectivity index (χ3n) is 6.74. The number of morpholine rings is 1. The van der Waals surface area contributed by atoms with Crippen LogP contribution in [0.1, 0.15) is 34.5 Å². The van der Waals surface area contributed by atoms with Gasteiger partial charge in [0.2, 0.25) is 0 Å². The maximum atomic E-state index is 13.0. The number of ether oxygens (including phenoxy) is 2. The van der Waals surface area contributed by atoms with Crippen LogP contribution in [0.4, 0.5) is 5.69 Å². The van der Waals surface area contributed by atoms with Gasteiger partial charge in [0.15, 0.2) is 0 Å². The SMILES string of the molecule is C=COC(=O)c1cc(-c2c(C)sc3cc(Cl)ccc23)ccc1N1CCO[C@H](CNC2CCC2)C1. The number of thiophene rings is 1. The molecule has 1 aliphatic carbocycles. The number of halogens is 1. The van der Waals surface area contributed by atoms with Gasteiger partial charge in [-0.3, -0.25) is 0 Å². The molecule has 0 bridgehead atoms. The maximum Gasteiger partial charge on any atom is 0.345 e. The molecule has 0 amide bonds. The van der Waals surface area contributed by atoms with Gasteiger partial charge in [-0.1, -0.05) is 36.7 Å². The average molecular weight is 497 g/mol. The quantitative estimate of drug-likeness (QED) is 0.313. The summed E-state index contributed by atoms with van der Waals surface area (Å²) < 4.78 is 12.4. The molecule has 1 atom stereocenters. The zero-order valence-electron chi connectivity index (χ0n) is 19.3. The molecular formula is C27H29ClN2O3S. The van der Waals surface area contributed by atoms with Crippen molar-refractivity contribution in [3.8, 4) is 11.1 Å². The number of carbonyl (C=O) groups is 1. The molecule has 2 aromatic carbocycles. The minimum Gasteiger partial charge on any atom is -0.431 e. The van der Waals surface area contributed by atoms with Crippen molar-refractivity contribution in [3.05, 3.63) is 64.7 Å². The van der Waals surface area contributed by atoms with E-state index >= 15 is 0 Å². The van der Waals surface area contributed by atoms with E-state index in [1.54, 1.807) is 11.3 Å². The highest BCUT2D eigenvalue weighted by atomic mass is 35.5. The Morgan fingerprint density at radius 1 is 1.32 bits per heavy atom. The van der Waals surface area contributed by atoms with Crippen molar-refractivity contribution in [2.75, 3.05) is 31.1 Å². The molecule has 7 heteroatoms. The van der Waals surface area contributed by atoms with Gasteiger partial charge in [-0.05, 0) is 49.6 Å².